The van der Waals surface area contributed by atoms with Crippen molar-refractivity contribution in [1.82, 2.24) is 9.97 Å². The Hall–Kier alpha value is -2.96. The molecular formula is C20H15ClN4OS. The third-order valence-electron chi connectivity index (χ3n) is 4.03. The van der Waals surface area contributed by atoms with Crippen LogP contribution in [0.3, 0.4) is 0 Å². The van der Waals surface area contributed by atoms with Gasteiger partial charge in [0.1, 0.15) is 16.9 Å². The Bertz CT molecular complexity index is 1090. The Balaban J connectivity index is 1.64. The van der Waals surface area contributed by atoms with Gasteiger partial charge in [-0.25, -0.2) is 9.97 Å². The number of rotatable bonds is 5. The Morgan fingerprint density at radius 2 is 1.85 bits per heavy atom. The number of hydrogen-bond acceptors (Lipinski definition) is 6. The van der Waals surface area contributed by atoms with Crippen molar-refractivity contribution in [1.29, 1.82) is 0 Å². The first kappa shape index (κ1) is 17.5. The Morgan fingerprint density at radius 1 is 1.07 bits per heavy atom. The topological polar surface area (TPSA) is 59.4 Å². The van der Waals surface area contributed by atoms with Gasteiger partial charge < -0.3 is 4.74 Å². The second-order valence-electron chi connectivity index (χ2n) is 5.70. The highest BCUT2D eigenvalue weighted by atomic mass is 35.5. The number of benzene rings is 2. The van der Waals surface area contributed by atoms with Gasteiger partial charge in [-0.05, 0) is 47.5 Å². The number of hydrazone groups is 1. The number of halogens is 1. The summed E-state index contributed by atoms with van der Waals surface area (Å²) in [5, 5.41) is 8.04. The van der Waals surface area contributed by atoms with Gasteiger partial charge in [-0.1, -0.05) is 23.7 Å². The molecule has 0 aliphatic carbocycles. The maximum absolute atomic E-state index is 6.01. The molecule has 4 aromatic rings. The zero-order valence-corrected chi connectivity index (χ0v) is 16.0. The van der Waals surface area contributed by atoms with Crippen molar-refractivity contribution in [2.24, 2.45) is 5.10 Å². The van der Waals surface area contributed by atoms with Gasteiger partial charge in [0.25, 0.3) is 0 Å². The summed E-state index contributed by atoms with van der Waals surface area (Å²) in [7, 11) is 1.64. The number of thiophene rings is 1. The van der Waals surface area contributed by atoms with Crippen LogP contribution in [0.15, 0.2) is 65.3 Å². The number of fused-ring (bicyclic) bond motifs is 1. The van der Waals surface area contributed by atoms with E-state index >= 15 is 0 Å². The molecule has 0 unspecified atom stereocenters. The summed E-state index contributed by atoms with van der Waals surface area (Å²) in [6.07, 6.45) is 3.28. The molecule has 5 nitrogen and oxygen atoms in total. The minimum absolute atomic E-state index is 0.663. The predicted octanol–water partition coefficient (Wildman–Crippen LogP) is 5.47. The van der Waals surface area contributed by atoms with Crippen molar-refractivity contribution in [2.75, 3.05) is 12.5 Å². The molecule has 0 radical (unpaired) electrons. The van der Waals surface area contributed by atoms with Gasteiger partial charge in [-0.2, -0.15) is 5.10 Å². The quantitative estimate of drug-likeness (QED) is 0.360. The van der Waals surface area contributed by atoms with Crippen LogP contribution in [0.25, 0.3) is 21.3 Å². The smallest absolute Gasteiger partial charge is 0.159 e. The molecule has 0 saturated carbocycles. The molecule has 0 aliphatic heterocycles. The van der Waals surface area contributed by atoms with Gasteiger partial charge in [-0.15, -0.1) is 11.3 Å². The van der Waals surface area contributed by atoms with E-state index in [0.29, 0.717) is 10.8 Å². The number of aromatic nitrogens is 2. The van der Waals surface area contributed by atoms with Crippen LogP contribution >= 0.6 is 22.9 Å². The molecule has 1 N–H and O–H groups in total. The van der Waals surface area contributed by atoms with Crippen molar-refractivity contribution in [3.8, 4) is 16.9 Å². The Morgan fingerprint density at radius 3 is 2.59 bits per heavy atom. The van der Waals surface area contributed by atoms with Crippen molar-refractivity contribution >= 4 is 45.2 Å². The molecule has 4 rings (SSSR count). The van der Waals surface area contributed by atoms with Gasteiger partial charge >= 0.3 is 0 Å². The Kier molecular flexibility index (Phi) is 5.00. The van der Waals surface area contributed by atoms with Crippen LogP contribution in [0.1, 0.15) is 5.56 Å². The third-order valence-corrected chi connectivity index (χ3v) is 5.16. The summed E-state index contributed by atoms with van der Waals surface area (Å²) >= 11 is 7.58. The average molecular weight is 395 g/mol. The lowest BCUT2D eigenvalue weighted by Crippen LogP contribution is -1.95. The fraction of sp³-hybridized carbons (Fsp3) is 0.0500. The van der Waals surface area contributed by atoms with E-state index in [4.69, 9.17) is 16.3 Å². The molecule has 0 amide bonds. The van der Waals surface area contributed by atoms with Crippen LogP contribution in [0.5, 0.6) is 5.75 Å². The lowest BCUT2D eigenvalue weighted by atomic mass is 10.1. The molecule has 134 valence electrons. The second kappa shape index (κ2) is 7.73. The van der Waals surface area contributed by atoms with Crippen molar-refractivity contribution in [2.45, 2.75) is 0 Å². The van der Waals surface area contributed by atoms with Crippen molar-refractivity contribution < 1.29 is 4.74 Å². The summed E-state index contributed by atoms with van der Waals surface area (Å²) in [5.41, 5.74) is 6.10. The maximum Gasteiger partial charge on any atom is 0.159 e. The van der Waals surface area contributed by atoms with E-state index in [-0.39, 0.29) is 0 Å². The molecule has 2 aromatic carbocycles. The van der Waals surface area contributed by atoms with E-state index in [1.807, 2.05) is 48.5 Å². The molecule has 2 heterocycles. The zero-order chi connectivity index (χ0) is 18.6. The molecule has 0 fully saturated rings. The first-order chi connectivity index (χ1) is 13.2. The highest BCUT2D eigenvalue weighted by molar-refractivity contribution is 7.17. The number of anilines is 1. The van der Waals surface area contributed by atoms with Crippen LogP contribution in [0, 0.1) is 0 Å². The third kappa shape index (κ3) is 3.77. The van der Waals surface area contributed by atoms with Crippen LogP contribution in [-0.2, 0) is 0 Å². The average Bonchev–Trinajstić information content (AvgIpc) is 3.14. The number of nitrogens with zero attached hydrogens (tertiary/aromatic N) is 3. The standard InChI is InChI=1S/C20H15ClN4OS/c1-26-16-8-2-13(3-9-16)10-24-25-19-18-17(11-27-20(18)23-12-22-19)14-4-6-15(21)7-5-14/h2-12H,1H3,(H,22,23,25)/b24-10-. The van der Waals surface area contributed by atoms with Crippen LogP contribution in [0.2, 0.25) is 5.02 Å². The molecule has 0 atom stereocenters. The largest absolute Gasteiger partial charge is 0.497 e. The molecule has 0 bridgehead atoms. The zero-order valence-electron chi connectivity index (χ0n) is 14.4. The van der Waals surface area contributed by atoms with Crippen molar-refractivity contribution in [3.05, 3.63) is 70.8 Å². The van der Waals surface area contributed by atoms with E-state index in [0.717, 1.165) is 32.7 Å². The number of ether oxygens (including phenoxy) is 1. The summed E-state index contributed by atoms with van der Waals surface area (Å²) in [6, 6.07) is 15.4. The van der Waals surface area contributed by atoms with Gasteiger partial charge in [0.05, 0.1) is 18.7 Å². The minimum Gasteiger partial charge on any atom is -0.497 e. The van der Waals surface area contributed by atoms with Crippen LogP contribution in [0.4, 0.5) is 5.82 Å². The highest BCUT2D eigenvalue weighted by Crippen LogP contribution is 2.36. The lowest BCUT2D eigenvalue weighted by Gasteiger charge is -2.05. The van der Waals surface area contributed by atoms with E-state index in [9.17, 15) is 0 Å². The number of nitrogens with one attached hydrogen (secondary N) is 1. The fourth-order valence-corrected chi connectivity index (χ4v) is 3.70. The molecule has 2 aromatic heterocycles. The SMILES string of the molecule is COc1ccc(/C=N\Nc2ncnc3scc(-c4ccc(Cl)cc4)c23)cc1. The number of hydrogen-bond donors (Lipinski definition) is 1. The summed E-state index contributed by atoms with van der Waals surface area (Å²) in [5.74, 6) is 1.47. The summed E-state index contributed by atoms with van der Waals surface area (Å²) < 4.78 is 5.16. The van der Waals surface area contributed by atoms with Gasteiger partial charge in [0.15, 0.2) is 5.82 Å². The van der Waals surface area contributed by atoms with Crippen molar-refractivity contribution in [3.63, 3.8) is 0 Å². The first-order valence-corrected chi connectivity index (χ1v) is 9.41. The lowest BCUT2D eigenvalue weighted by molar-refractivity contribution is 0.415. The van der Waals surface area contributed by atoms with E-state index in [1.165, 1.54) is 6.33 Å². The van der Waals surface area contributed by atoms with Crippen LogP contribution in [-0.4, -0.2) is 23.3 Å². The van der Waals surface area contributed by atoms with Crippen LogP contribution < -0.4 is 10.2 Å². The van der Waals surface area contributed by atoms with E-state index < -0.39 is 0 Å². The minimum atomic E-state index is 0.663. The van der Waals surface area contributed by atoms with E-state index in [2.05, 4.69) is 25.9 Å². The highest BCUT2D eigenvalue weighted by Gasteiger charge is 2.12. The van der Waals surface area contributed by atoms with Gasteiger partial charge in [0.2, 0.25) is 0 Å². The molecule has 7 heteroatoms. The van der Waals surface area contributed by atoms with Gasteiger partial charge in [-0.3, -0.25) is 5.43 Å². The molecule has 0 saturated heterocycles. The van der Waals surface area contributed by atoms with Gasteiger partial charge in [0, 0.05) is 16.0 Å². The first-order valence-electron chi connectivity index (χ1n) is 8.16. The summed E-state index contributed by atoms with van der Waals surface area (Å²) in [6.45, 7) is 0. The second-order valence-corrected chi connectivity index (χ2v) is 7.00. The summed E-state index contributed by atoms with van der Waals surface area (Å²) in [4.78, 5) is 9.63. The number of methoxy groups -OCH3 is 1. The molecule has 27 heavy (non-hydrogen) atoms. The predicted molar refractivity (Wildman–Crippen MR) is 112 cm³/mol. The monoisotopic (exact) mass is 394 g/mol. The molecule has 0 aliphatic rings. The van der Waals surface area contributed by atoms with E-state index in [1.54, 1.807) is 24.7 Å². The Labute approximate surface area is 165 Å². The fourth-order valence-electron chi connectivity index (χ4n) is 2.66. The molecule has 0 spiro atoms. The molecular weight excluding hydrogens is 380 g/mol. The maximum atomic E-state index is 6.01. The normalized spacial score (nSPS) is 11.2.